The number of hydrogen-bond donors (Lipinski definition) is 0. The monoisotopic (exact) mass is 770 g/mol. The molecule has 5 aromatic carbocycles. The Kier molecular flexibility index (Phi) is 7.61. The molecule has 0 spiro atoms. The molecule has 8 saturated carbocycles. The number of para-hydroxylation sites is 1. The van der Waals surface area contributed by atoms with E-state index in [-0.39, 0.29) is 0 Å². The zero-order valence-corrected chi connectivity index (χ0v) is 33.7. The molecule has 0 radical (unpaired) electrons. The predicted octanol–water partition coefficient (Wildman–Crippen LogP) is 13.3. The van der Waals surface area contributed by atoms with Crippen LogP contribution in [0.4, 0.5) is 0 Å². The SMILES string of the molecule is c1cc(-c2ccc(-c3nc(-c4ccc(C56CC7CC(CC(C7)C5)C6)cc4)nc(-c4ccc(C56CC7CC(CC(C7)C5)C6)cc4)n3)cc2)cc(-c2cccc3ocnc23)c1. The summed E-state index contributed by atoms with van der Waals surface area (Å²) in [6.45, 7) is 0. The van der Waals surface area contributed by atoms with Crippen molar-refractivity contribution in [3.8, 4) is 56.4 Å². The van der Waals surface area contributed by atoms with E-state index in [9.17, 15) is 0 Å². The largest absolute Gasteiger partial charge is 0.443 e. The molecule has 292 valence electrons. The van der Waals surface area contributed by atoms with Crippen molar-refractivity contribution in [2.45, 2.75) is 87.9 Å². The van der Waals surface area contributed by atoms with Gasteiger partial charge in [-0.05, 0) is 163 Å². The van der Waals surface area contributed by atoms with Crippen molar-refractivity contribution in [2.75, 3.05) is 0 Å². The lowest BCUT2D eigenvalue weighted by molar-refractivity contribution is -0.00530. The van der Waals surface area contributed by atoms with Crippen LogP contribution in [0.1, 0.15) is 88.2 Å². The predicted molar refractivity (Wildman–Crippen MR) is 234 cm³/mol. The van der Waals surface area contributed by atoms with Gasteiger partial charge in [-0.2, -0.15) is 0 Å². The van der Waals surface area contributed by atoms with E-state index in [1.54, 1.807) is 0 Å². The lowest BCUT2D eigenvalue weighted by Gasteiger charge is -2.57. The zero-order chi connectivity index (χ0) is 38.7. The molecule has 8 bridgehead atoms. The van der Waals surface area contributed by atoms with Gasteiger partial charge in [0.05, 0.1) is 0 Å². The Morgan fingerprint density at radius 3 is 1.29 bits per heavy atom. The molecule has 0 N–H and O–H groups in total. The van der Waals surface area contributed by atoms with E-state index in [0.29, 0.717) is 16.7 Å². The quantitative estimate of drug-likeness (QED) is 0.161. The van der Waals surface area contributed by atoms with Gasteiger partial charge in [-0.1, -0.05) is 103 Å². The van der Waals surface area contributed by atoms with E-state index in [0.717, 1.165) is 97.2 Å². The summed E-state index contributed by atoms with van der Waals surface area (Å²) in [5, 5.41) is 0. The van der Waals surface area contributed by atoms with Crippen molar-refractivity contribution in [1.82, 2.24) is 19.9 Å². The van der Waals surface area contributed by atoms with E-state index in [1.165, 1.54) is 94.6 Å². The first kappa shape index (κ1) is 34.4. The fraction of sp³-hybridized carbons (Fsp3) is 0.370. The third-order valence-corrected chi connectivity index (χ3v) is 16.2. The summed E-state index contributed by atoms with van der Waals surface area (Å²) in [5.41, 5.74) is 13.0. The molecular weight excluding hydrogens is 721 g/mol. The third kappa shape index (κ3) is 5.78. The first-order valence-corrected chi connectivity index (χ1v) is 22.5. The normalized spacial score (nSPS) is 30.0. The Morgan fingerprint density at radius 1 is 0.407 bits per heavy atom. The van der Waals surface area contributed by atoms with Gasteiger partial charge in [0.25, 0.3) is 0 Å². The molecule has 2 aromatic heterocycles. The van der Waals surface area contributed by atoms with Crippen LogP contribution in [0.15, 0.2) is 126 Å². The lowest BCUT2D eigenvalue weighted by atomic mass is 9.48. The Bertz CT molecular complexity index is 2550. The van der Waals surface area contributed by atoms with Gasteiger partial charge in [-0.25, -0.2) is 19.9 Å². The Balaban J connectivity index is 0.851. The number of aromatic nitrogens is 4. The second kappa shape index (κ2) is 13.0. The standard InChI is InChI=1S/C54H50N4O/c1-3-43(25-44(4-1)47-5-2-6-48-49(47)55-32-59-48)39-7-9-40(10-8-39)50-56-51(41-11-15-45(16-12-41)53-26-33-19-34(27-53)21-35(20-33)28-53)58-52(57-50)42-13-17-46(18-14-42)54-29-36-22-37(30-54)24-38(23-36)31-54/h1-18,25,32-38H,19-24,26-31H2. The van der Waals surface area contributed by atoms with Gasteiger partial charge >= 0.3 is 0 Å². The van der Waals surface area contributed by atoms with E-state index >= 15 is 0 Å². The molecule has 8 fully saturated rings. The Hall–Kier alpha value is -5.42. The Morgan fingerprint density at radius 2 is 0.814 bits per heavy atom. The van der Waals surface area contributed by atoms with Gasteiger partial charge in [0.2, 0.25) is 0 Å². The summed E-state index contributed by atoms with van der Waals surface area (Å²) in [5.74, 6) is 7.74. The summed E-state index contributed by atoms with van der Waals surface area (Å²) in [6.07, 6.45) is 18.5. The topological polar surface area (TPSA) is 64.7 Å². The van der Waals surface area contributed by atoms with Crippen LogP contribution in [0.3, 0.4) is 0 Å². The molecule has 0 unspecified atom stereocenters. The van der Waals surface area contributed by atoms with Gasteiger partial charge in [-0.15, -0.1) is 0 Å². The maximum Gasteiger partial charge on any atom is 0.182 e. The molecule has 5 heteroatoms. The third-order valence-electron chi connectivity index (χ3n) is 16.2. The minimum Gasteiger partial charge on any atom is -0.443 e. The van der Waals surface area contributed by atoms with Crippen molar-refractivity contribution < 1.29 is 4.42 Å². The van der Waals surface area contributed by atoms with Crippen LogP contribution in [0.5, 0.6) is 0 Å². The summed E-state index contributed by atoms with van der Waals surface area (Å²) >= 11 is 0. The second-order valence-electron chi connectivity index (χ2n) is 20.0. The molecule has 2 heterocycles. The first-order chi connectivity index (χ1) is 29.0. The first-order valence-electron chi connectivity index (χ1n) is 22.5. The van der Waals surface area contributed by atoms with Crippen LogP contribution in [0.2, 0.25) is 0 Å². The number of nitrogens with zero attached hydrogens (tertiary/aromatic N) is 4. The summed E-state index contributed by atoms with van der Waals surface area (Å²) in [7, 11) is 0. The number of benzene rings is 5. The zero-order valence-electron chi connectivity index (χ0n) is 33.7. The maximum absolute atomic E-state index is 5.59. The molecule has 5 nitrogen and oxygen atoms in total. The minimum atomic E-state index is 0.367. The highest BCUT2D eigenvalue weighted by Crippen LogP contribution is 2.62. The molecule has 15 rings (SSSR count). The second-order valence-corrected chi connectivity index (χ2v) is 20.0. The number of oxazole rings is 1. The molecule has 0 saturated heterocycles. The van der Waals surface area contributed by atoms with Gasteiger partial charge in [0.15, 0.2) is 29.4 Å². The fourth-order valence-electron chi connectivity index (χ4n) is 14.4. The summed E-state index contributed by atoms with van der Waals surface area (Å²) in [6, 6.07) is 42.3. The fourth-order valence-corrected chi connectivity index (χ4v) is 14.4. The van der Waals surface area contributed by atoms with Gasteiger partial charge in [0.1, 0.15) is 5.52 Å². The molecule has 0 amide bonds. The van der Waals surface area contributed by atoms with Crippen LogP contribution in [-0.4, -0.2) is 19.9 Å². The molecule has 0 atom stereocenters. The molecular formula is C54H50N4O. The average Bonchev–Trinajstić information content (AvgIpc) is 3.75. The van der Waals surface area contributed by atoms with Crippen molar-refractivity contribution in [3.63, 3.8) is 0 Å². The molecule has 8 aliphatic rings. The molecule has 7 aromatic rings. The van der Waals surface area contributed by atoms with Crippen molar-refractivity contribution >= 4 is 11.1 Å². The highest BCUT2D eigenvalue weighted by atomic mass is 16.3. The van der Waals surface area contributed by atoms with Gasteiger partial charge in [-0.3, -0.25) is 0 Å². The summed E-state index contributed by atoms with van der Waals surface area (Å²) < 4.78 is 5.59. The number of rotatable bonds is 7. The minimum absolute atomic E-state index is 0.367. The van der Waals surface area contributed by atoms with Crippen LogP contribution < -0.4 is 0 Å². The van der Waals surface area contributed by atoms with Crippen molar-refractivity contribution in [1.29, 1.82) is 0 Å². The molecule has 59 heavy (non-hydrogen) atoms. The van der Waals surface area contributed by atoms with E-state index in [4.69, 9.17) is 19.4 Å². The number of hydrogen-bond acceptors (Lipinski definition) is 5. The van der Waals surface area contributed by atoms with Crippen LogP contribution in [0.25, 0.3) is 67.5 Å². The molecule has 0 aliphatic heterocycles. The smallest absolute Gasteiger partial charge is 0.182 e. The van der Waals surface area contributed by atoms with Gasteiger partial charge < -0.3 is 4.42 Å². The van der Waals surface area contributed by atoms with Crippen molar-refractivity contribution in [2.24, 2.45) is 35.5 Å². The van der Waals surface area contributed by atoms with Crippen LogP contribution in [-0.2, 0) is 10.8 Å². The van der Waals surface area contributed by atoms with Crippen molar-refractivity contribution in [3.05, 3.63) is 133 Å². The van der Waals surface area contributed by atoms with Gasteiger partial charge in [0, 0.05) is 22.3 Å². The molecule has 8 aliphatic carbocycles. The van der Waals surface area contributed by atoms with E-state index < -0.39 is 0 Å². The highest BCUT2D eigenvalue weighted by Gasteiger charge is 2.52. The van der Waals surface area contributed by atoms with E-state index in [1.807, 2.05) is 12.1 Å². The van der Waals surface area contributed by atoms with Crippen LogP contribution in [0, 0.1) is 35.5 Å². The average molecular weight is 771 g/mol. The highest BCUT2D eigenvalue weighted by molar-refractivity contribution is 5.91. The van der Waals surface area contributed by atoms with Crippen LogP contribution >= 0.6 is 0 Å². The number of fused-ring (bicyclic) bond motifs is 1. The van der Waals surface area contributed by atoms with E-state index in [2.05, 4.69) is 108 Å². The maximum atomic E-state index is 5.59. The lowest BCUT2D eigenvalue weighted by Crippen LogP contribution is -2.48. The summed E-state index contributed by atoms with van der Waals surface area (Å²) in [4.78, 5) is 20.1. The Labute approximate surface area is 346 Å².